The van der Waals surface area contributed by atoms with Crippen LogP contribution in [0.25, 0.3) is 39.3 Å². The van der Waals surface area contributed by atoms with Crippen molar-refractivity contribution in [2.75, 3.05) is 7.11 Å². The van der Waals surface area contributed by atoms with Crippen molar-refractivity contribution < 1.29 is 4.74 Å². The highest BCUT2D eigenvalue weighted by Gasteiger charge is 2.20. The molecule has 0 N–H and O–H groups in total. The number of aromatic nitrogens is 1. The van der Waals surface area contributed by atoms with Crippen molar-refractivity contribution in [3.8, 4) is 45.1 Å². The molecule has 0 atom stereocenters. The minimum atomic E-state index is 0.853. The SMILES string of the molecule is COc1ccc(-c2c(-c3ccccc3)cc(-c3ccccc3)n2-c2ccc(C)cc2)cc1. The molecule has 0 radical (unpaired) electrons. The fourth-order valence-electron chi connectivity index (χ4n) is 4.17. The van der Waals surface area contributed by atoms with Gasteiger partial charge in [0, 0.05) is 11.3 Å². The summed E-state index contributed by atoms with van der Waals surface area (Å²) in [5.74, 6) is 0.853. The Morgan fingerprint density at radius 1 is 0.594 bits per heavy atom. The molecule has 2 heteroatoms. The lowest BCUT2D eigenvalue weighted by molar-refractivity contribution is 0.415. The molecule has 156 valence electrons. The van der Waals surface area contributed by atoms with E-state index in [9.17, 15) is 0 Å². The van der Waals surface area contributed by atoms with Crippen molar-refractivity contribution in [3.63, 3.8) is 0 Å². The second-order valence-corrected chi connectivity index (χ2v) is 7.92. The van der Waals surface area contributed by atoms with Crippen molar-refractivity contribution in [3.05, 3.63) is 121 Å². The van der Waals surface area contributed by atoms with E-state index < -0.39 is 0 Å². The highest BCUT2D eigenvalue weighted by molar-refractivity contribution is 5.88. The molecule has 0 spiro atoms. The summed E-state index contributed by atoms with van der Waals surface area (Å²) in [6.07, 6.45) is 0. The predicted octanol–water partition coefficient (Wildman–Crippen LogP) is 7.80. The van der Waals surface area contributed by atoms with Crippen LogP contribution in [0.2, 0.25) is 0 Å². The first-order valence-electron chi connectivity index (χ1n) is 10.8. The van der Waals surface area contributed by atoms with Gasteiger partial charge in [0.15, 0.2) is 0 Å². The number of aryl methyl sites for hydroxylation is 1. The van der Waals surface area contributed by atoms with Crippen LogP contribution >= 0.6 is 0 Å². The second-order valence-electron chi connectivity index (χ2n) is 7.92. The molecule has 1 heterocycles. The molecule has 2 nitrogen and oxygen atoms in total. The molecule has 0 fully saturated rings. The van der Waals surface area contributed by atoms with Gasteiger partial charge in [0.05, 0.1) is 18.5 Å². The maximum atomic E-state index is 5.42. The minimum absolute atomic E-state index is 0.853. The van der Waals surface area contributed by atoms with Crippen LogP contribution in [0.5, 0.6) is 5.75 Å². The largest absolute Gasteiger partial charge is 0.497 e. The molecular formula is C30H25NO. The lowest BCUT2D eigenvalue weighted by Gasteiger charge is -2.16. The maximum absolute atomic E-state index is 5.42. The highest BCUT2D eigenvalue weighted by Crippen LogP contribution is 2.41. The van der Waals surface area contributed by atoms with E-state index >= 15 is 0 Å². The van der Waals surface area contributed by atoms with Crippen molar-refractivity contribution in [2.45, 2.75) is 6.92 Å². The maximum Gasteiger partial charge on any atom is 0.118 e. The molecule has 0 amide bonds. The van der Waals surface area contributed by atoms with E-state index in [1.807, 2.05) is 12.1 Å². The Hall–Kier alpha value is -4.04. The quantitative estimate of drug-likeness (QED) is 0.286. The lowest BCUT2D eigenvalue weighted by atomic mass is 10.0. The number of rotatable bonds is 5. The molecule has 0 aliphatic rings. The van der Waals surface area contributed by atoms with Gasteiger partial charge in [0.25, 0.3) is 0 Å². The van der Waals surface area contributed by atoms with Gasteiger partial charge in [0.2, 0.25) is 0 Å². The molecule has 5 aromatic rings. The summed E-state index contributed by atoms with van der Waals surface area (Å²) in [6, 6.07) is 40.6. The third-order valence-electron chi connectivity index (χ3n) is 5.81. The summed E-state index contributed by atoms with van der Waals surface area (Å²) in [5, 5.41) is 0. The van der Waals surface area contributed by atoms with E-state index in [1.54, 1.807) is 7.11 Å². The Kier molecular flexibility index (Phi) is 5.35. The van der Waals surface area contributed by atoms with E-state index in [-0.39, 0.29) is 0 Å². The van der Waals surface area contributed by atoms with Crippen LogP contribution < -0.4 is 4.74 Å². The summed E-state index contributed by atoms with van der Waals surface area (Å²) in [6.45, 7) is 2.12. The highest BCUT2D eigenvalue weighted by atomic mass is 16.5. The Morgan fingerprint density at radius 3 is 1.78 bits per heavy atom. The topological polar surface area (TPSA) is 14.2 Å². The van der Waals surface area contributed by atoms with E-state index in [4.69, 9.17) is 4.74 Å². The van der Waals surface area contributed by atoms with E-state index in [1.165, 1.54) is 33.6 Å². The molecule has 4 aromatic carbocycles. The molecule has 5 rings (SSSR count). The zero-order chi connectivity index (χ0) is 21.9. The zero-order valence-corrected chi connectivity index (χ0v) is 18.3. The number of methoxy groups -OCH3 is 1. The molecule has 0 bridgehead atoms. The minimum Gasteiger partial charge on any atom is -0.497 e. The van der Waals surface area contributed by atoms with Gasteiger partial charge in [-0.3, -0.25) is 0 Å². The molecular weight excluding hydrogens is 390 g/mol. The van der Waals surface area contributed by atoms with Gasteiger partial charge in [-0.05, 0) is 66.1 Å². The first kappa shape index (κ1) is 19.9. The monoisotopic (exact) mass is 415 g/mol. The fraction of sp³-hybridized carbons (Fsp3) is 0.0667. The van der Waals surface area contributed by atoms with Crippen LogP contribution in [0, 0.1) is 6.92 Å². The molecule has 0 aliphatic carbocycles. The third kappa shape index (κ3) is 3.72. The van der Waals surface area contributed by atoms with Crippen LogP contribution in [-0.4, -0.2) is 11.7 Å². The van der Waals surface area contributed by atoms with Crippen LogP contribution in [0.3, 0.4) is 0 Å². The fourth-order valence-corrected chi connectivity index (χ4v) is 4.17. The smallest absolute Gasteiger partial charge is 0.118 e. The second kappa shape index (κ2) is 8.60. The number of hydrogen-bond acceptors (Lipinski definition) is 1. The standard InChI is InChI=1S/C30H25NO/c1-22-13-17-26(18-14-22)31-29(24-11-7-4-8-12-24)21-28(23-9-5-3-6-10-23)30(31)25-15-19-27(32-2)20-16-25/h3-21H,1-2H3. The summed E-state index contributed by atoms with van der Waals surface area (Å²) < 4.78 is 7.79. The van der Waals surface area contributed by atoms with Crippen LogP contribution in [0.4, 0.5) is 0 Å². The molecule has 1 aromatic heterocycles. The van der Waals surface area contributed by atoms with Crippen molar-refractivity contribution in [1.82, 2.24) is 4.57 Å². The van der Waals surface area contributed by atoms with Gasteiger partial charge in [-0.1, -0.05) is 78.4 Å². The van der Waals surface area contributed by atoms with Gasteiger partial charge in [-0.2, -0.15) is 0 Å². The van der Waals surface area contributed by atoms with Gasteiger partial charge < -0.3 is 9.30 Å². The molecule has 0 unspecified atom stereocenters. The molecule has 0 saturated carbocycles. The number of ether oxygens (including phenoxy) is 1. The van der Waals surface area contributed by atoms with Crippen molar-refractivity contribution in [2.24, 2.45) is 0 Å². The third-order valence-corrected chi connectivity index (χ3v) is 5.81. The summed E-state index contributed by atoms with van der Waals surface area (Å²) >= 11 is 0. The lowest BCUT2D eigenvalue weighted by Crippen LogP contribution is -2.00. The van der Waals surface area contributed by atoms with Crippen LogP contribution in [-0.2, 0) is 0 Å². The average molecular weight is 416 g/mol. The number of benzene rings is 4. The van der Waals surface area contributed by atoms with E-state index in [0.29, 0.717) is 0 Å². The van der Waals surface area contributed by atoms with Gasteiger partial charge in [-0.25, -0.2) is 0 Å². The van der Waals surface area contributed by atoms with Crippen LogP contribution in [0.15, 0.2) is 115 Å². The Bertz CT molecular complexity index is 1320. The van der Waals surface area contributed by atoms with Crippen molar-refractivity contribution in [1.29, 1.82) is 0 Å². The zero-order valence-electron chi connectivity index (χ0n) is 18.3. The van der Waals surface area contributed by atoms with Gasteiger partial charge in [0.1, 0.15) is 5.75 Å². The Labute approximate surface area is 189 Å². The molecule has 0 saturated heterocycles. The predicted molar refractivity (Wildman–Crippen MR) is 133 cm³/mol. The van der Waals surface area contributed by atoms with E-state index in [2.05, 4.69) is 115 Å². The normalized spacial score (nSPS) is 10.8. The summed E-state index contributed by atoms with van der Waals surface area (Å²) in [4.78, 5) is 0. The van der Waals surface area contributed by atoms with Crippen molar-refractivity contribution >= 4 is 0 Å². The number of nitrogens with zero attached hydrogens (tertiary/aromatic N) is 1. The summed E-state index contributed by atoms with van der Waals surface area (Å²) in [7, 11) is 1.70. The van der Waals surface area contributed by atoms with Gasteiger partial charge >= 0.3 is 0 Å². The molecule has 0 aliphatic heterocycles. The van der Waals surface area contributed by atoms with E-state index in [0.717, 1.165) is 17.0 Å². The number of hydrogen-bond donors (Lipinski definition) is 0. The summed E-state index contributed by atoms with van der Waals surface area (Å²) in [5.41, 5.74) is 9.45. The first-order valence-corrected chi connectivity index (χ1v) is 10.8. The Balaban J connectivity index is 1.85. The van der Waals surface area contributed by atoms with Crippen LogP contribution in [0.1, 0.15) is 5.56 Å². The molecule has 32 heavy (non-hydrogen) atoms. The average Bonchev–Trinajstić information content (AvgIpc) is 3.26. The Morgan fingerprint density at radius 2 is 1.19 bits per heavy atom. The first-order chi connectivity index (χ1) is 15.7. The van der Waals surface area contributed by atoms with Gasteiger partial charge in [-0.15, -0.1) is 0 Å².